The number of aromatic nitrogens is 3. The third-order valence-electron chi connectivity index (χ3n) is 4.28. The van der Waals surface area contributed by atoms with Crippen LogP contribution in [0.15, 0.2) is 34.9 Å². The number of ether oxygens (including phenoxy) is 1. The number of carbonyl (C=O) groups excluding carboxylic acids is 1. The molecule has 8 nitrogen and oxygen atoms in total. The topological polar surface area (TPSA) is 116 Å². The normalized spacial score (nSPS) is 15.9. The zero-order chi connectivity index (χ0) is 21.0. The van der Waals surface area contributed by atoms with Gasteiger partial charge in [0, 0.05) is 12.1 Å². The molecule has 3 N–H and O–H groups in total. The summed E-state index contributed by atoms with van der Waals surface area (Å²) in [6, 6.07) is 6.73. The maximum absolute atomic E-state index is 14.4. The number of amides is 1. The lowest BCUT2D eigenvalue weighted by Crippen LogP contribution is -2.30. The van der Waals surface area contributed by atoms with E-state index in [4.69, 9.17) is 15.0 Å². The second-order valence-corrected chi connectivity index (χ2v) is 6.61. The number of nitrogens with zero attached hydrogens (tertiary/aromatic N) is 3. The Morgan fingerprint density at radius 1 is 1.38 bits per heavy atom. The Bertz CT molecular complexity index is 1200. The van der Waals surface area contributed by atoms with Crippen LogP contribution in [-0.2, 0) is 11.7 Å². The molecule has 1 aliphatic heterocycles. The summed E-state index contributed by atoms with van der Waals surface area (Å²) in [6.07, 6.45) is -3.72. The quantitative estimate of drug-likeness (QED) is 0.636. The van der Waals surface area contributed by atoms with Gasteiger partial charge in [0.2, 0.25) is 0 Å². The molecule has 0 saturated carbocycles. The highest BCUT2D eigenvalue weighted by Gasteiger charge is 2.45. The molecule has 1 amide bonds. The van der Waals surface area contributed by atoms with E-state index in [0.717, 1.165) is 10.7 Å². The fourth-order valence-corrected chi connectivity index (χ4v) is 2.84. The summed E-state index contributed by atoms with van der Waals surface area (Å²) in [7, 11) is 0. The SMILES string of the molecule is Cc1cc([C@](C)(O)C#Cc2cccc3c2-n2nc(C(N)=O)cc2C(F)(F)O3)no1. The first kappa shape index (κ1) is 18.6. The molecule has 29 heavy (non-hydrogen) atoms. The van der Waals surface area contributed by atoms with E-state index < -0.39 is 23.3 Å². The van der Waals surface area contributed by atoms with Gasteiger partial charge in [-0.25, -0.2) is 4.68 Å². The number of carbonyl (C=O) groups is 1. The molecule has 4 rings (SSSR count). The minimum absolute atomic E-state index is 0.0977. The van der Waals surface area contributed by atoms with Gasteiger partial charge in [-0.3, -0.25) is 4.79 Å². The number of aliphatic hydroxyl groups is 1. The summed E-state index contributed by atoms with van der Waals surface area (Å²) in [5.41, 5.74) is 3.04. The molecule has 2 aromatic heterocycles. The van der Waals surface area contributed by atoms with Gasteiger partial charge >= 0.3 is 6.11 Å². The fourth-order valence-electron chi connectivity index (χ4n) is 2.84. The Balaban J connectivity index is 1.85. The van der Waals surface area contributed by atoms with Crippen molar-refractivity contribution < 1.29 is 27.9 Å². The Labute approximate surface area is 162 Å². The lowest BCUT2D eigenvalue weighted by Gasteiger charge is -2.26. The van der Waals surface area contributed by atoms with Gasteiger partial charge in [-0.1, -0.05) is 23.1 Å². The van der Waals surface area contributed by atoms with Crippen LogP contribution in [0.2, 0.25) is 0 Å². The molecule has 0 aliphatic carbocycles. The highest BCUT2D eigenvalue weighted by atomic mass is 19.3. The number of aryl methyl sites for hydroxylation is 1. The molecule has 0 saturated heterocycles. The molecule has 0 spiro atoms. The molecule has 1 aromatic carbocycles. The van der Waals surface area contributed by atoms with E-state index in [0.29, 0.717) is 5.76 Å². The molecule has 0 unspecified atom stereocenters. The number of hydrogen-bond acceptors (Lipinski definition) is 6. The smallest absolute Gasteiger partial charge is 0.425 e. The van der Waals surface area contributed by atoms with Crippen LogP contribution in [0, 0.1) is 18.8 Å². The van der Waals surface area contributed by atoms with Crippen LogP contribution >= 0.6 is 0 Å². The molecule has 3 aromatic rings. The number of rotatable bonds is 2. The number of halogens is 2. The number of alkyl halides is 2. The van der Waals surface area contributed by atoms with E-state index in [-0.39, 0.29) is 28.4 Å². The Kier molecular flexibility index (Phi) is 3.95. The van der Waals surface area contributed by atoms with Crippen LogP contribution in [0.4, 0.5) is 8.78 Å². The molecule has 10 heteroatoms. The van der Waals surface area contributed by atoms with Crippen molar-refractivity contribution >= 4 is 5.91 Å². The Hall–Kier alpha value is -3.71. The maximum atomic E-state index is 14.4. The summed E-state index contributed by atoms with van der Waals surface area (Å²) in [5.74, 6) is 4.73. The van der Waals surface area contributed by atoms with Gasteiger partial charge < -0.3 is 20.1 Å². The van der Waals surface area contributed by atoms with Crippen LogP contribution in [0.25, 0.3) is 5.69 Å². The first-order valence-electron chi connectivity index (χ1n) is 8.38. The number of primary amides is 1. The van der Waals surface area contributed by atoms with Crippen molar-refractivity contribution in [2.24, 2.45) is 5.73 Å². The largest absolute Gasteiger partial charge is 0.444 e. The van der Waals surface area contributed by atoms with Gasteiger partial charge in [-0.05, 0) is 26.0 Å². The second-order valence-electron chi connectivity index (χ2n) is 6.61. The summed E-state index contributed by atoms with van der Waals surface area (Å²) in [4.78, 5) is 11.4. The van der Waals surface area contributed by atoms with E-state index >= 15 is 0 Å². The van der Waals surface area contributed by atoms with Crippen molar-refractivity contribution in [2.45, 2.75) is 25.6 Å². The van der Waals surface area contributed by atoms with Gasteiger partial charge in [0.15, 0.2) is 22.7 Å². The predicted octanol–water partition coefficient (Wildman–Crippen LogP) is 1.97. The summed E-state index contributed by atoms with van der Waals surface area (Å²) in [6.45, 7) is 3.09. The molecular weight excluding hydrogens is 386 g/mol. The van der Waals surface area contributed by atoms with Crippen LogP contribution in [0.3, 0.4) is 0 Å². The van der Waals surface area contributed by atoms with E-state index in [1.54, 1.807) is 6.92 Å². The van der Waals surface area contributed by atoms with E-state index in [1.165, 1.54) is 31.2 Å². The average Bonchev–Trinajstić information content (AvgIpc) is 3.27. The van der Waals surface area contributed by atoms with Crippen molar-refractivity contribution in [3.63, 3.8) is 0 Å². The standard InChI is InChI=1S/C19H14F2N4O4/c1-10-8-14(24-29-10)18(2,27)7-6-11-4-3-5-13-16(11)25-15(19(20,21)28-13)9-12(23-25)17(22)26/h3-5,8-9,27H,1-2H3,(H2,22,26)/t18-/m1/s1. The first-order valence-corrected chi connectivity index (χ1v) is 8.38. The summed E-state index contributed by atoms with van der Waals surface area (Å²) < 4.78 is 39.3. The van der Waals surface area contributed by atoms with E-state index in [9.17, 15) is 18.7 Å². The molecule has 1 atom stereocenters. The predicted molar refractivity (Wildman–Crippen MR) is 94.3 cm³/mol. The Morgan fingerprint density at radius 3 is 2.79 bits per heavy atom. The van der Waals surface area contributed by atoms with Crippen molar-refractivity contribution in [3.05, 3.63) is 58.7 Å². The lowest BCUT2D eigenvalue weighted by atomic mass is 10.0. The van der Waals surface area contributed by atoms with Crippen molar-refractivity contribution in [1.29, 1.82) is 0 Å². The number of hydrogen-bond donors (Lipinski definition) is 2. The Morgan fingerprint density at radius 2 is 2.14 bits per heavy atom. The number of para-hydroxylation sites is 1. The van der Waals surface area contributed by atoms with Gasteiger partial charge in [0.05, 0.1) is 5.56 Å². The molecule has 0 radical (unpaired) electrons. The average molecular weight is 400 g/mol. The van der Waals surface area contributed by atoms with E-state index in [2.05, 4.69) is 22.1 Å². The van der Waals surface area contributed by atoms with Crippen molar-refractivity contribution in [2.75, 3.05) is 0 Å². The van der Waals surface area contributed by atoms with E-state index in [1.807, 2.05) is 0 Å². The zero-order valence-electron chi connectivity index (χ0n) is 15.2. The third kappa shape index (κ3) is 3.11. The van der Waals surface area contributed by atoms with Gasteiger partial charge in [0.25, 0.3) is 5.91 Å². The zero-order valence-corrected chi connectivity index (χ0v) is 15.2. The molecule has 148 valence electrons. The van der Waals surface area contributed by atoms with Crippen LogP contribution in [0.5, 0.6) is 5.75 Å². The minimum Gasteiger partial charge on any atom is -0.425 e. The highest BCUT2D eigenvalue weighted by molar-refractivity contribution is 5.91. The highest BCUT2D eigenvalue weighted by Crippen LogP contribution is 2.42. The van der Waals surface area contributed by atoms with Gasteiger partial charge in [0.1, 0.15) is 17.1 Å². The van der Waals surface area contributed by atoms with Crippen LogP contribution < -0.4 is 10.5 Å². The van der Waals surface area contributed by atoms with Gasteiger partial charge in [-0.15, -0.1) is 0 Å². The monoisotopic (exact) mass is 400 g/mol. The second kappa shape index (κ2) is 6.15. The lowest BCUT2D eigenvalue weighted by molar-refractivity contribution is -0.194. The molecule has 3 heterocycles. The number of benzene rings is 1. The van der Waals surface area contributed by atoms with Crippen LogP contribution in [-0.4, -0.2) is 26.0 Å². The third-order valence-corrected chi connectivity index (χ3v) is 4.28. The van der Waals surface area contributed by atoms with Crippen LogP contribution in [0.1, 0.15) is 40.1 Å². The molecule has 0 fully saturated rings. The molecule has 0 bridgehead atoms. The molecule has 1 aliphatic rings. The maximum Gasteiger partial charge on any atom is 0.444 e. The minimum atomic E-state index is -3.72. The number of nitrogens with two attached hydrogens (primary N) is 1. The summed E-state index contributed by atoms with van der Waals surface area (Å²) >= 11 is 0. The first-order chi connectivity index (χ1) is 13.6. The fraction of sp³-hybridized carbons (Fsp3) is 0.211. The number of fused-ring (bicyclic) bond motifs is 3. The van der Waals surface area contributed by atoms with Crippen molar-refractivity contribution in [3.8, 4) is 23.3 Å². The van der Waals surface area contributed by atoms with Crippen molar-refractivity contribution in [1.82, 2.24) is 14.9 Å². The summed E-state index contributed by atoms with van der Waals surface area (Å²) in [5, 5.41) is 18.2. The van der Waals surface area contributed by atoms with Gasteiger partial charge in [-0.2, -0.15) is 13.9 Å². The molecular formula is C19H14F2N4O4.